The fourth-order valence-electron chi connectivity index (χ4n) is 2.44. The Kier molecular flexibility index (Phi) is 5.15. The molecular weight excluding hydrogens is 350 g/mol. The average molecular weight is 367 g/mol. The van der Waals surface area contributed by atoms with Crippen LogP contribution in [0.5, 0.6) is 0 Å². The summed E-state index contributed by atoms with van der Waals surface area (Å²) in [7, 11) is -3.29. The molecule has 6 heteroatoms. The fraction of sp³-hybridized carbons (Fsp3) is 0.538. The molecule has 0 bridgehead atoms. The first-order valence-corrected chi connectivity index (χ1v) is 9.24. The molecule has 1 saturated carbocycles. The predicted octanol–water partition coefficient (Wildman–Crippen LogP) is 4.42. The average Bonchev–Trinajstić information content (AvgIpc) is 2.34. The first-order chi connectivity index (χ1) is 8.96. The van der Waals surface area contributed by atoms with E-state index in [0.29, 0.717) is 10.7 Å². The number of benzene rings is 1. The molecule has 0 aromatic heterocycles. The third-order valence-corrected chi connectivity index (χ3v) is 6.06. The molecule has 0 atom stereocenters. The van der Waals surface area contributed by atoms with Gasteiger partial charge in [0.15, 0.2) is 0 Å². The van der Waals surface area contributed by atoms with Crippen molar-refractivity contribution < 1.29 is 8.42 Å². The molecule has 106 valence electrons. The number of rotatable bonds is 4. The molecule has 1 fully saturated rings. The number of halogens is 2. The van der Waals surface area contributed by atoms with Crippen molar-refractivity contribution in [3.63, 3.8) is 0 Å². The monoisotopic (exact) mass is 365 g/mol. The van der Waals surface area contributed by atoms with Crippen LogP contribution in [0.25, 0.3) is 0 Å². The van der Waals surface area contributed by atoms with E-state index in [1.807, 2.05) is 0 Å². The van der Waals surface area contributed by atoms with Crippen molar-refractivity contribution in [2.24, 2.45) is 5.92 Å². The quantitative estimate of drug-likeness (QED) is 0.857. The van der Waals surface area contributed by atoms with E-state index in [-0.39, 0.29) is 11.7 Å². The molecule has 1 aromatic rings. The maximum Gasteiger partial charge on any atom is 0.232 e. The summed E-state index contributed by atoms with van der Waals surface area (Å²) >= 11 is 9.23. The first kappa shape index (κ1) is 15.1. The molecule has 0 heterocycles. The van der Waals surface area contributed by atoms with E-state index >= 15 is 0 Å². The Labute approximate surface area is 127 Å². The van der Waals surface area contributed by atoms with Gasteiger partial charge in [-0.2, -0.15) is 0 Å². The number of anilines is 1. The lowest BCUT2D eigenvalue weighted by Gasteiger charge is -2.21. The molecule has 3 nitrogen and oxygen atoms in total. The SMILES string of the molecule is O=S(=O)(CC1CCCCC1)Nc1ccc(Br)c(Cl)c1. The van der Waals surface area contributed by atoms with Crippen LogP contribution in [0.1, 0.15) is 32.1 Å². The van der Waals surface area contributed by atoms with Gasteiger partial charge in [0.05, 0.1) is 16.5 Å². The van der Waals surface area contributed by atoms with Crippen LogP contribution >= 0.6 is 27.5 Å². The highest BCUT2D eigenvalue weighted by Crippen LogP contribution is 2.28. The van der Waals surface area contributed by atoms with Gasteiger partial charge in [0.25, 0.3) is 0 Å². The summed E-state index contributed by atoms with van der Waals surface area (Å²) in [6, 6.07) is 5.05. The van der Waals surface area contributed by atoms with Gasteiger partial charge in [-0.05, 0) is 52.9 Å². The predicted molar refractivity (Wildman–Crippen MR) is 83.1 cm³/mol. The van der Waals surface area contributed by atoms with Gasteiger partial charge in [-0.1, -0.05) is 30.9 Å². The van der Waals surface area contributed by atoms with Gasteiger partial charge in [0, 0.05) is 4.47 Å². The van der Waals surface area contributed by atoms with Crippen LogP contribution in [-0.4, -0.2) is 14.2 Å². The lowest BCUT2D eigenvalue weighted by atomic mass is 9.91. The lowest BCUT2D eigenvalue weighted by Crippen LogP contribution is -2.24. The Morgan fingerprint density at radius 2 is 1.95 bits per heavy atom. The van der Waals surface area contributed by atoms with Crippen molar-refractivity contribution in [1.82, 2.24) is 0 Å². The smallest absolute Gasteiger partial charge is 0.232 e. The van der Waals surface area contributed by atoms with E-state index < -0.39 is 10.0 Å². The second-order valence-electron chi connectivity index (χ2n) is 5.02. The third-order valence-electron chi connectivity index (χ3n) is 3.37. The maximum absolute atomic E-state index is 12.1. The summed E-state index contributed by atoms with van der Waals surface area (Å²) in [5.74, 6) is 0.498. The number of hydrogen-bond donors (Lipinski definition) is 1. The molecule has 0 unspecified atom stereocenters. The minimum Gasteiger partial charge on any atom is -0.283 e. The normalized spacial score (nSPS) is 17.4. The van der Waals surface area contributed by atoms with Gasteiger partial charge >= 0.3 is 0 Å². The molecule has 1 N–H and O–H groups in total. The minimum atomic E-state index is -3.29. The van der Waals surface area contributed by atoms with Crippen molar-refractivity contribution in [2.45, 2.75) is 32.1 Å². The molecule has 0 amide bonds. The Morgan fingerprint density at radius 3 is 2.58 bits per heavy atom. The Hall–Kier alpha value is -0.260. The van der Waals surface area contributed by atoms with Crippen LogP contribution in [0, 0.1) is 5.92 Å². The Balaban J connectivity index is 2.01. The first-order valence-electron chi connectivity index (χ1n) is 6.42. The molecule has 2 rings (SSSR count). The topological polar surface area (TPSA) is 46.2 Å². The number of sulfonamides is 1. The molecular formula is C13H17BrClNO2S. The lowest BCUT2D eigenvalue weighted by molar-refractivity contribution is 0.385. The van der Waals surface area contributed by atoms with E-state index in [1.54, 1.807) is 18.2 Å². The van der Waals surface area contributed by atoms with E-state index in [2.05, 4.69) is 20.7 Å². The summed E-state index contributed by atoms with van der Waals surface area (Å²) < 4.78 is 27.6. The molecule has 0 spiro atoms. The number of hydrogen-bond acceptors (Lipinski definition) is 2. The van der Waals surface area contributed by atoms with Crippen molar-refractivity contribution in [3.05, 3.63) is 27.7 Å². The van der Waals surface area contributed by atoms with Crippen LogP contribution in [0.4, 0.5) is 5.69 Å². The summed E-state index contributed by atoms with van der Waals surface area (Å²) in [6.07, 6.45) is 5.55. The third kappa shape index (κ3) is 4.65. The zero-order chi connectivity index (χ0) is 13.9. The van der Waals surface area contributed by atoms with Gasteiger partial charge in [-0.3, -0.25) is 4.72 Å². The van der Waals surface area contributed by atoms with Crippen molar-refractivity contribution in [3.8, 4) is 0 Å². The van der Waals surface area contributed by atoms with Crippen LogP contribution in [0.15, 0.2) is 22.7 Å². The minimum absolute atomic E-state index is 0.209. The molecule has 19 heavy (non-hydrogen) atoms. The van der Waals surface area contributed by atoms with Gasteiger partial charge in [-0.25, -0.2) is 8.42 Å². The van der Waals surface area contributed by atoms with E-state index in [1.165, 1.54) is 6.42 Å². The van der Waals surface area contributed by atoms with Gasteiger partial charge < -0.3 is 0 Å². The van der Waals surface area contributed by atoms with Crippen LogP contribution < -0.4 is 4.72 Å². The van der Waals surface area contributed by atoms with Crippen LogP contribution in [0.2, 0.25) is 5.02 Å². The molecule has 1 aliphatic carbocycles. The molecule has 0 radical (unpaired) electrons. The van der Waals surface area contributed by atoms with Gasteiger partial charge in [-0.15, -0.1) is 0 Å². The van der Waals surface area contributed by atoms with Crippen molar-refractivity contribution in [1.29, 1.82) is 0 Å². The highest BCUT2D eigenvalue weighted by atomic mass is 79.9. The Morgan fingerprint density at radius 1 is 1.26 bits per heavy atom. The molecule has 1 aliphatic rings. The zero-order valence-corrected chi connectivity index (χ0v) is 13.7. The molecule has 0 saturated heterocycles. The number of nitrogens with one attached hydrogen (secondary N) is 1. The summed E-state index contributed by atoms with van der Waals surface area (Å²) in [5, 5.41) is 0.498. The van der Waals surface area contributed by atoms with Crippen LogP contribution in [0.3, 0.4) is 0 Å². The van der Waals surface area contributed by atoms with E-state index in [9.17, 15) is 8.42 Å². The summed E-state index contributed by atoms with van der Waals surface area (Å²) in [4.78, 5) is 0. The van der Waals surface area contributed by atoms with Crippen LogP contribution in [-0.2, 0) is 10.0 Å². The summed E-state index contributed by atoms with van der Waals surface area (Å²) in [5.41, 5.74) is 0.518. The molecule has 0 aliphatic heterocycles. The van der Waals surface area contributed by atoms with Crippen molar-refractivity contribution in [2.75, 3.05) is 10.5 Å². The highest BCUT2D eigenvalue weighted by molar-refractivity contribution is 9.10. The maximum atomic E-state index is 12.1. The second kappa shape index (κ2) is 6.46. The van der Waals surface area contributed by atoms with Crippen molar-refractivity contribution >= 4 is 43.2 Å². The Bertz CT molecular complexity index is 542. The zero-order valence-electron chi connectivity index (χ0n) is 10.5. The van der Waals surface area contributed by atoms with Gasteiger partial charge in [0.1, 0.15) is 0 Å². The highest BCUT2D eigenvalue weighted by Gasteiger charge is 2.21. The second-order valence-corrected chi connectivity index (χ2v) is 8.04. The summed E-state index contributed by atoms with van der Waals surface area (Å²) in [6.45, 7) is 0. The van der Waals surface area contributed by atoms with Gasteiger partial charge in [0.2, 0.25) is 10.0 Å². The molecule has 1 aromatic carbocycles. The largest absolute Gasteiger partial charge is 0.283 e. The van der Waals surface area contributed by atoms with E-state index in [0.717, 1.165) is 30.2 Å². The fourth-order valence-corrected chi connectivity index (χ4v) is 4.40. The van der Waals surface area contributed by atoms with E-state index in [4.69, 9.17) is 11.6 Å². The standard InChI is InChI=1S/C13H17BrClNO2S/c14-12-7-6-11(8-13(12)15)16-19(17,18)9-10-4-2-1-3-5-10/h6-8,10,16H,1-5,9H2.